The second kappa shape index (κ2) is 6.91. The van der Waals surface area contributed by atoms with Crippen LogP contribution in [-0.2, 0) is 4.79 Å². The third kappa shape index (κ3) is 3.76. The lowest BCUT2D eigenvalue weighted by Gasteiger charge is -2.17. The zero-order valence-corrected chi connectivity index (χ0v) is 14.5. The maximum atomic E-state index is 13.7. The molecule has 1 aromatic heterocycles. The molecule has 128 valence electrons. The number of amides is 1. The Hall–Kier alpha value is -1.92. The van der Waals surface area contributed by atoms with Gasteiger partial charge in [-0.05, 0) is 44.5 Å². The van der Waals surface area contributed by atoms with Gasteiger partial charge in [-0.1, -0.05) is 11.6 Å². The van der Waals surface area contributed by atoms with Crippen molar-refractivity contribution in [1.82, 2.24) is 14.7 Å². The zero-order chi connectivity index (χ0) is 17.3. The Kier molecular flexibility index (Phi) is 4.87. The van der Waals surface area contributed by atoms with Crippen LogP contribution in [0.4, 0.5) is 10.1 Å². The molecule has 1 amide bonds. The molecule has 1 atom stereocenters. The number of aryl methyl sites for hydroxylation is 2. The van der Waals surface area contributed by atoms with E-state index >= 15 is 0 Å². The van der Waals surface area contributed by atoms with Crippen LogP contribution in [0.1, 0.15) is 23.9 Å². The Labute approximate surface area is 145 Å². The number of benzene rings is 1. The van der Waals surface area contributed by atoms with Gasteiger partial charge < -0.3 is 5.32 Å². The first-order valence-electron chi connectivity index (χ1n) is 7.92. The Bertz CT molecular complexity index is 761. The lowest BCUT2D eigenvalue weighted by atomic mass is 10.2. The number of hydrogen-bond acceptors (Lipinski definition) is 3. The highest BCUT2D eigenvalue weighted by molar-refractivity contribution is 6.30. The van der Waals surface area contributed by atoms with Gasteiger partial charge in [-0.2, -0.15) is 5.10 Å². The van der Waals surface area contributed by atoms with Crippen molar-refractivity contribution in [3.05, 3.63) is 46.5 Å². The van der Waals surface area contributed by atoms with Gasteiger partial charge in [0.05, 0.1) is 24.0 Å². The highest BCUT2D eigenvalue weighted by Gasteiger charge is 2.27. The van der Waals surface area contributed by atoms with E-state index in [1.165, 1.54) is 12.1 Å². The topological polar surface area (TPSA) is 50.2 Å². The van der Waals surface area contributed by atoms with E-state index in [-0.39, 0.29) is 24.2 Å². The number of nitrogens with zero attached hydrogens (tertiary/aromatic N) is 3. The number of carbonyl (C=O) groups excluding carboxylic acids is 1. The minimum Gasteiger partial charge on any atom is -0.322 e. The van der Waals surface area contributed by atoms with Crippen LogP contribution in [0.5, 0.6) is 0 Å². The van der Waals surface area contributed by atoms with Gasteiger partial charge >= 0.3 is 0 Å². The van der Waals surface area contributed by atoms with Gasteiger partial charge in [-0.15, -0.1) is 0 Å². The van der Waals surface area contributed by atoms with Crippen LogP contribution in [-0.4, -0.2) is 40.2 Å². The smallest absolute Gasteiger partial charge is 0.238 e. The van der Waals surface area contributed by atoms with Crippen LogP contribution < -0.4 is 5.32 Å². The molecular formula is C17H20ClFN4O. The summed E-state index contributed by atoms with van der Waals surface area (Å²) in [6, 6.07) is 6.54. The van der Waals surface area contributed by atoms with Gasteiger partial charge in [0.1, 0.15) is 5.82 Å². The third-order valence-corrected chi connectivity index (χ3v) is 4.45. The molecule has 0 spiro atoms. The molecule has 1 N–H and O–H groups in total. The van der Waals surface area contributed by atoms with Crippen molar-refractivity contribution in [1.29, 1.82) is 0 Å². The first-order chi connectivity index (χ1) is 11.4. The summed E-state index contributed by atoms with van der Waals surface area (Å²) in [6.45, 7) is 5.83. The van der Waals surface area contributed by atoms with Crippen LogP contribution in [0.25, 0.3) is 0 Å². The fourth-order valence-electron chi connectivity index (χ4n) is 3.15. The van der Waals surface area contributed by atoms with Gasteiger partial charge in [0, 0.05) is 23.8 Å². The Morgan fingerprint density at radius 2 is 2.21 bits per heavy atom. The van der Waals surface area contributed by atoms with Crippen molar-refractivity contribution in [3.8, 4) is 0 Å². The fraction of sp³-hybridized carbons (Fsp3) is 0.412. The molecular weight excluding hydrogens is 331 g/mol. The lowest BCUT2D eigenvalue weighted by Crippen LogP contribution is -2.32. The van der Waals surface area contributed by atoms with E-state index in [4.69, 9.17) is 11.6 Å². The number of hydrogen-bond donors (Lipinski definition) is 1. The standard InChI is InChI=1S/C17H20ClFN4O/c1-11-7-12(2)23(21-11)14-5-6-22(9-14)10-17(24)20-16-4-3-13(18)8-15(16)19/h3-4,7-8,14H,5-6,9-10H2,1-2H3,(H,20,24)/t14-/m0/s1. The lowest BCUT2D eigenvalue weighted by molar-refractivity contribution is -0.117. The van der Waals surface area contributed by atoms with Crippen LogP contribution in [0, 0.1) is 19.7 Å². The van der Waals surface area contributed by atoms with Crippen molar-refractivity contribution in [2.45, 2.75) is 26.3 Å². The highest BCUT2D eigenvalue weighted by Crippen LogP contribution is 2.23. The predicted octanol–water partition coefficient (Wildman–Crippen LogP) is 3.18. The zero-order valence-electron chi connectivity index (χ0n) is 13.7. The highest BCUT2D eigenvalue weighted by atomic mass is 35.5. The summed E-state index contributed by atoms with van der Waals surface area (Å²) < 4.78 is 15.8. The average Bonchev–Trinajstić information content (AvgIpc) is 3.08. The Morgan fingerprint density at radius 3 is 2.88 bits per heavy atom. The minimum absolute atomic E-state index is 0.152. The monoisotopic (exact) mass is 350 g/mol. The summed E-state index contributed by atoms with van der Waals surface area (Å²) in [5.41, 5.74) is 2.28. The van der Waals surface area contributed by atoms with Crippen LogP contribution in [0.3, 0.4) is 0 Å². The number of halogens is 2. The fourth-order valence-corrected chi connectivity index (χ4v) is 3.31. The molecule has 0 radical (unpaired) electrons. The second-order valence-corrected chi connectivity index (χ2v) is 6.66. The summed E-state index contributed by atoms with van der Waals surface area (Å²) >= 11 is 5.71. The van der Waals surface area contributed by atoms with Gasteiger partial charge in [0.25, 0.3) is 0 Å². The number of likely N-dealkylation sites (tertiary alicyclic amines) is 1. The summed E-state index contributed by atoms with van der Waals surface area (Å²) in [7, 11) is 0. The number of rotatable bonds is 4. The maximum Gasteiger partial charge on any atom is 0.238 e. The van der Waals surface area contributed by atoms with Crippen molar-refractivity contribution >= 4 is 23.2 Å². The van der Waals surface area contributed by atoms with Crippen LogP contribution >= 0.6 is 11.6 Å². The van der Waals surface area contributed by atoms with Crippen molar-refractivity contribution < 1.29 is 9.18 Å². The number of carbonyl (C=O) groups is 1. The van der Waals surface area contributed by atoms with E-state index in [0.717, 1.165) is 30.9 Å². The van der Waals surface area contributed by atoms with Crippen LogP contribution in [0.2, 0.25) is 5.02 Å². The molecule has 0 bridgehead atoms. The molecule has 5 nitrogen and oxygen atoms in total. The largest absolute Gasteiger partial charge is 0.322 e. The Morgan fingerprint density at radius 1 is 1.42 bits per heavy atom. The summed E-state index contributed by atoms with van der Waals surface area (Å²) in [4.78, 5) is 14.2. The molecule has 2 heterocycles. The quantitative estimate of drug-likeness (QED) is 0.921. The molecule has 1 aromatic carbocycles. The molecule has 1 aliphatic rings. The Balaban J connectivity index is 1.57. The first kappa shape index (κ1) is 16.9. The molecule has 0 aliphatic carbocycles. The molecule has 1 saturated heterocycles. The molecule has 7 heteroatoms. The van der Waals surface area contributed by atoms with E-state index in [1.54, 1.807) is 6.07 Å². The summed E-state index contributed by atoms with van der Waals surface area (Å²) in [5.74, 6) is -0.761. The first-order valence-corrected chi connectivity index (χ1v) is 8.30. The predicted molar refractivity (Wildman–Crippen MR) is 91.8 cm³/mol. The third-order valence-electron chi connectivity index (χ3n) is 4.21. The van der Waals surface area contributed by atoms with E-state index < -0.39 is 5.82 Å². The number of aromatic nitrogens is 2. The summed E-state index contributed by atoms with van der Waals surface area (Å²) in [6.07, 6.45) is 0.949. The summed E-state index contributed by atoms with van der Waals surface area (Å²) in [5, 5.41) is 7.42. The van der Waals surface area contributed by atoms with Crippen molar-refractivity contribution in [2.24, 2.45) is 0 Å². The van der Waals surface area contributed by atoms with Crippen molar-refractivity contribution in [3.63, 3.8) is 0 Å². The molecule has 2 aromatic rings. The normalized spacial score (nSPS) is 18.1. The van der Waals surface area contributed by atoms with E-state index in [2.05, 4.69) is 21.4 Å². The molecule has 3 rings (SSSR count). The van der Waals surface area contributed by atoms with E-state index in [1.807, 2.05) is 18.5 Å². The van der Waals surface area contributed by atoms with Gasteiger partial charge in [0.15, 0.2) is 0 Å². The van der Waals surface area contributed by atoms with Gasteiger partial charge in [-0.3, -0.25) is 14.4 Å². The molecule has 0 saturated carbocycles. The van der Waals surface area contributed by atoms with Gasteiger partial charge in [-0.25, -0.2) is 4.39 Å². The molecule has 1 aliphatic heterocycles. The minimum atomic E-state index is -0.530. The van der Waals surface area contributed by atoms with E-state index in [9.17, 15) is 9.18 Å². The average molecular weight is 351 g/mol. The molecule has 1 fully saturated rings. The van der Waals surface area contributed by atoms with Gasteiger partial charge in [0.2, 0.25) is 5.91 Å². The second-order valence-electron chi connectivity index (χ2n) is 6.22. The number of anilines is 1. The van der Waals surface area contributed by atoms with Crippen LogP contribution in [0.15, 0.2) is 24.3 Å². The molecule has 24 heavy (non-hydrogen) atoms. The van der Waals surface area contributed by atoms with E-state index in [0.29, 0.717) is 5.02 Å². The van der Waals surface area contributed by atoms with Crippen molar-refractivity contribution in [2.75, 3.05) is 25.0 Å². The maximum absolute atomic E-state index is 13.7. The number of nitrogens with one attached hydrogen (secondary N) is 1. The SMILES string of the molecule is Cc1cc(C)n([C@H]2CCN(CC(=O)Nc3ccc(Cl)cc3F)C2)n1. The molecule has 0 unspecified atom stereocenters.